The molecule has 1 amide bonds. The van der Waals surface area contributed by atoms with E-state index in [4.69, 9.17) is 9.47 Å². The predicted molar refractivity (Wildman–Crippen MR) is 147 cm³/mol. The second-order valence-electron chi connectivity index (χ2n) is 8.86. The van der Waals surface area contributed by atoms with E-state index in [1.54, 1.807) is 49.1 Å². The van der Waals surface area contributed by atoms with Crippen LogP contribution in [0.3, 0.4) is 0 Å². The van der Waals surface area contributed by atoms with Gasteiger partial charge in [0.2, 0.25) is 5.91 Å². The monoisotopic (exact) mass is 512 g/mol. The number of amides is 1. The van der Waals surface area contributed by atoms with Gasteiger partial charge in [0.1, 0.15) is 23.6 Å². The Kier molecular flexibility index (Phi) is 6.74. The number of methoxy groups -OCH3 is 1. The smallest absolute Gasteiger partial charge is 0.332 e. The molecule has 0 saturated carbocycles. The van der Waals surface area contributed by atoms with E-state index in [0.29, 0.717) is 40.2 Å². The average Bonchev–Trinajstić information content (AvgIpc) is 3.22. The lowest BCUT2D eigenvalue weighted by atomic mass is 10.2. The first kappa shape index (κ1) is 24.9. The Labute approximate surface area is 218 Å². The van der Waals surface area contributed by atoms with Gasteiger partial charge >= 0.3 is 5.69 Å². The molecular formula is C29H28N4O5. The summed E-state index contributed by atoms with van der Waals surface area (Å²) >= 11 is 0. The maximum Gasteiger partial charge on any atom is 0.332 e. The molecule has 0 unspecified atom stereocenters. The number of hydrogen-bond donors (Lipinski definition) is 1. The largest absolute Gasteiger partial charge is 0.497 e. The van der Waals surface area contributed by atoms with E-state index >= 15 is 0 Å². The molecular weight excluding hydrogens is 484 g/mol. The molecule has 3 aromatic carbocycles. The number of rotatable bonds is 8. The Bertz CT molecular complexity index is 1770. The van der Waals surface area contributed by atoms with Crippen LogP contribution in [0.1, 0.15) is 12.5 Å². The zero-order valence-electron chi connectivity index (χ0n) is 21.4. The maximum atomic E-state index is 13.9. The third kappa shape index (κ3) is 4.43. The summed E-state index contributed by atoms with van der Waals surface area (Å²) in [6.07, 6.45) is 0. The van der Waals surface area contributed by atoms with Crippen LogP contribution < -0.4 is 26.0 Å². The van der Waals surface area contributed by atoms with Crippen molar-refractivity contribution in [2.24, 2.45) is 7.05 Å². The van der Waals surface area contributed by atoms with Gasteiger partial charge < -0.3 is 19.4 Å². The normalized spacial score (nSPS) is 11.1. The molecule has 0 spiro atoms. The number of nitrogens with zero attached hydrogens (tertiary/aromatic N) is 3. The van der Waals surface area contributed by atoms with Crippen LogP contribution in [0, 0.1) is 0 Å². The van der Waals surface area contributed by atoms with Crippen LogP contribution in [0.15, 0.2) is 82.4 Å². The van der Waals surface area contributed by atoms with E-state index in [-0.39, 0.29) is 13.1 Å². The highest BCUT2D eigenvalue weighted by atomic mass is 16.5. The fourth-order valence-electron chi connectivity index (χ4n) is 4.74. The maximum absolute atomic E-state index is 13.9. The highest BCUT2D eigenvalue weighted by Gasteiger charge is 2.22. The van der Waals surface area contributed by atoms with Crippen LogP contribution >= 0.6 is 0 Å². The molecule has 0 saturated heterocycles. The minimum atomic E-state index is -0.574. The number of anilines is 1. The molecule has 9 nitrogen and oxygen atoms in total. The lowest BCUT2D eigenvalue weighted by Crippen LogP contribution is -2.42. The average molecular weight is 513 g/mol. The standard InChI is InChI=1S/C29H28N4O5/c1-4-38-24-13-9-8-12-22(24)30-25(34)18-32-26-21-16-20(37-3)14-15-23(21)31(2)27(26)28(35)33(29(32)36)17-19-10-6-5-7-11-19/h5-16H,4,17-18H2,1-3H3,(H,30,34). The number of para-hydroxylation sites is 2. The van der Waals surface area contributed by atoms with Gasteiger partial charge in [0, 0.05) is 12.4 Å². The van der Waals surface area contributed by atoms with Crippen LogP contribution in [0.4, 0.5) is 5.69 Å². The molecule has 1 N–H and O–H groups in total. The molecule has 2 heterocycles. The van der Waals surface area contributed by atoms with Gasteiger partial charge in [-0.2, -0.15) is 0 Å². The first-order chi connectivity index (χ1) is 18.4. The fourth-order valence-corrected chi connectivity index (χ4v) is 4.74. The lowest BCUT2D eigenvalue weighted by molar-refractivity contribution is -0.116. The van der Waals surface area contributed by atoms with E-state index in [9.17, 15) is 14.4 Å². The van der Waals surface area contributed by atoms with Gasteiger partial charge in [0.25, 0.3) is 5.56 Å². The Morgan fingerprint density at radius 2 is 1.66 bits per heavy atom. The molecule has 5 aromatic rings. The van der Waals surface area contributed by atoms with Gasteiger partial charge in [0.05, 0.1) is 37.0 Å². The number of carbonyl (C=O) groups is 1. The molecule has 5 rings (SSSR count). The zero-order chi connectivity index (χ0) is 26.8. The Balaban J connectivity index is 1.70. The SMILES string of the molecule is CCOc1ccccc1NC(=O)Cn1c(=O)n(Cc2ccccc2)c(=O)c2c1c1cc(OC)ccc1n2C. The quantitative estimate of drug-likeness (QED) is 0.342. The highest BCUT2D eigenvalue weighted by Crippen LogP contribution is 2.29. The Morgan fingerprint density at radius 1 is 0.921 bits per heavy atom. The summed E-state index contributed by atoms with van der Waals surface area (Å²) in [5.74, 6) is 0.683. The summed E-state index contributed by atoms with van der Waals surface area (Å²) in [4.78, 5) is 40.9. The number of benzene rings is 3. The predicted octanol–water partition coefficient (Wildman–Crippen LogP) is 3.75. The molecule has 0 fully saturated rings. The summed E-state index contributed by atoms with van der Waals surface area (Å²) in [6, 6.07) is 21.8. The highest BCUT2D eigenvalue weighted by molar-refractivity contribution is 6.07. The van der Waals surface area contributed by atoms with Crippen molar-refractivity contribution in [1.82, 2.24) is 13.7 Å². The van der Waals surface area contributed by atoms with Gasteiger partial charge in [-0.25, -0.2) is 4.79 Å². The number of hydrogen-bond acceptors (Lipinski definition) is 5. The molecule has 194 valence electrons. The minimum Gasteiger partial charge on any atom is -0.497 e. The van der Waals surface area contributed by atoms with Crippen molar-refractivity contribution in [3.8, 4) is 11.5 Å². The van der Waals surface area contributed by atoms with Crippen molar-refractivity contribution in [2.45, 2.75) is 20.0 Å². The first-order valence-electron chi connectivity index (χ1n) is 12.3. The number of aromatic nitrogens is 3. The van der Waals surface area contributed by atoms with Gasteiger partial charge in [-0.05, 0) is 42.8 Å². The number of nitrogens with one attached hydrogen (secondary N) is 1. The third-order valence-electron chi connectivity index (χ3n) is 6.51. The van der Waals surface area contributed by atoms with Crippen molar-refractivity contribution in [1.29, 1.82) is 0 Å². The molecule has 0 aliphatic carbocycles. The topological polar surface area (TPSA) is 96.5 Å². The Morgan fingerprint density at radius 3 is 2.39 bits per heavy atom. The van der Waals surface area contributed by atoms with Crippen LogP contribution in [0.25, 0.3) is 21.9 Å². The number of aryl methyl sites for hydroxylation is 1. The molecule has 0 aliphatic rings. The number of fused-ring (bicyclic) bond motifs is 3. The van der Waals surface area contributed by atoms with Gasteiger partial charge in [-0.3, -0.25) is 18.7 Å². The van der Waals surface area contributed by atoms with E-state index in [1.807, 2.05) is 49.4 Å². The van der Waals surface area contributed by atoms with Crippen molar-refractivity contribution in [3.05, 3.63) is 99.2 Å². The van der Waals surface area contributed by atoms with Crippen LogP contribution in [-0.4, -0.2) is 33.3 Å². The minimum absolute atomic E-state index is 0.0775. The van der Waals surface area contributed by atoms with Crippen molar-refractivity contribution in [2.75, 3.05) is 19.0 Å². The fraction of sp³-hybridized carbons (Fsp3) is 0.207. The number of carbonyl (C=O) groups excluding carboxylic acids is 1. The summed E-state index contributed by atoms with van der Waals surface area (Å²) in [6.45, 7) is 2.07. The molecule has 2 aromatic heterocycles. The first-order valence-corrected chi connectivity index (χ1v) is 12.3. The third-order valence-corrected chi connectivity index (χ3v) is 6.51. The lowest BCUT2D eigenvalue weighted by Gasteiger charge is -2.15. The van der Waals surface area contributed by atoms with Crippen molar-refractivity contribution < 1.29 is 14.3 Å². The number of ether oxygens (including phenoxy) is 2. The molecule has 38 heavy (non-hydrogen) atoms. The van der Waals surface area contributed by atoms with Crippen LogP contribution in [0.2, 0.25) is 0 Å². The van der Waals surface area contributed by atoms with Gasteiger partial charge in [-0.15, -0.1) is 0 Å². The second-order valence-corrected chi connectivity index (χ2v) is 8.86. The molecule has 0 aliphatic heterocycles. The van der Waals surface area contributed by atoms with Crippen molar-refractivity contribution in [3.63, 3.8) is 0 Å². The Hall–Kier alpha value is -4.79. The molecule has 0 atom stereocenters. The second kappa shape index (κ2) is 10.3. The molecule has 0 radical (unpaired) electrons. The van der Waals surface area contributed by atoms with Gasteiger partial charge in [0.15, 0.2) is 0 Å². The summed E-state index contributed by atoms with van der Waals surface area (Å²) < 4.78 is 15.3. The summed E-state index contributed by atoms with van der Waals surface area (Å²) in [7, 11) is 3.33. The van der Waals surface area contributed by atoms with E-state index in [1.165, 1.54) is 9.13 Å². The zero-order valence-corrected chi connectivity index (χ0v) is 21.4. The van der Waals surface area contributed by atoms with Gasteiger partial charge in [-0.1, -0.05) is 42.5 Å². The van der Waals surface area contributed by atoms with Crippen molar-refractivity contribution >= 4 is 33.5 Å². The van der Waals surface area contributed by atoms with Crippen LogP contribution in [-0.2, 0) is 24.9 Å². The van der Waals surface area contributed by atoms with E-state index in [2.05, 4.69) is 5.32 Å². The van der Waals surface area contributed by atoms with Crippen LogP contribution in [0.5, 0.6) is 11.5 Å². The summed E-state index contributed by atoms with van der Waals surface area (Å²) in [5, 5.41) is 3.50. The summed E-state index contributed by atoms with van der Waals surface area (Å²) in [5.41, 5.74) is 1.75. The van der Waals surface area contributed by atoms with E-state index < -0.39 is 17.2 Å². The molecule has 0 bridgehead atoms. The molecule has 9 heteroatoms. The van der Waals surface area contributed by atoms with E-state index in [0.717, 1.165) is 11.1 Å².